The molecule has 0 radical (unpaired) electrons. The number of likely N-dealkylation sites (N-methyl/N-ethyl adjacent to an activating group) is 1. The summed E-state index contributed by atoms with van der Waals surface area (Å²) in [7, 11) is 1.21. The molecule has 11 heavy (non-hydrogen) atoms. The molecule has 1 unspecified atom stereocenters. The second-order valence-corrected chi connectivity index (χ2v) is 1.71. The van der Waals surface area contributed by atoms with Gasteiger partial charge in [0, 0.05) is 7.05 Å². The first-order valence-corrected chi connectivity index (χ1v) is 2.44. The third kappa shape index (κ3) is 3.98. The Hall–Kier alpha value is -0.570. The van der Waals surface area contributed by atoms with E-state index in [2.05, 4.69) is 0 Å². The number of carbonyl (C=O) groups is 1. The van der Waals surface area contributed by atoms with E-state index in [9.17, 15) is 4.79 Å². The quantitative estimate of drug-likeness (QED) is 0.220. The number of aliphatic hydroxyl groups excluding tert-OH is 1. The summed E-state index contributed by atoms with van der Waals surface area (Å²) in [5, 5.41) is 23.5. The van der Waals surface area contributed by atoms with Gasteiger partial charge in [0.1, 0.15) is 0 Å². The Morgan fingerprint density at radius 2 is 2.09 bits per heavy atom. The zero-order chi connectivity index (χ0) is 8.31. The molecule has 0 saturated heterocycles. The Morgan fingerprint density at radius 1 is 1.73 bits per heavy atom. The molecule has 0 bridgehead atoms. The van der Waals surface area contributed by atoms with Crippen LogP contribution >= 0.6 is 24.0 Å². The smallest absolute Gasteiger partial charge is 0.354 e. The van der Waals surface area contributed by atoms with E-state index in [1.54, 1.807) is 0 Å². The van der Waals surface area contributed by atoms with Crippen LogP contribution in [-0.2, 0) is 4.79 Å². The number of nitrogens with zero attached hydrogens (tertiary/aromatic N) is 1. The van der Waals surface area contributed by atoms with E-state index in [-0.39, 0.29) is 24.0 Å². The van der Waals surface area contributed by atoms with Crippen molar-refractivity contribution >= 4 is 35.9 Å². The number of carboxylic acid groups (broad SMARTS) is 1. The van der Waals surface area contributed by atoms with Gasteiger partial charge >= 0.3 is 5.97 Å². The summed E-state index contributed by atoms with van der Waals surface area (Å²) < 4.78 is 0. The van der Waals surface area contributed by atoms with Crippen LogP contribution in [0.4, 0.5) is 0 Å². The lowest BCUT2D eigenvalue weighted by atomic mass is 10.5. The van der Waals surface area contributed by atoms with Gasteiger partial charge in [0.05, 0.1) is 0 Å². The molecule has 0 aromatic rings. The molecule has 0 aliphatic heterocycles. The van der Waals surface area contributed by atoms with Gasteiger partial charge in [-0.05, 0) is 0 Å². The lowest BCUT2D eigenvalue weighted by Crippen LogP contribution is -2.45. The second kappa shape index (κ2) is 5.13. The van der Waals surface area contributed by atoms with Crippen LogP contribution in [0.2, 0.25) is 0 Å². The number of rotatable bonds is 2. The van der Waals surface area contributed by atoms with Crippen molar-refractivity contribution in [3.63, 3.8) is 0 Å². The normalized spacial score (nSPS) is 11.1. The van der Waals surface area contributed by atoms with Gasteiger partial charge in [0.25, 0.3) is 0 Å². The summed E-state index contributed by atoms with van der Waals surface area (Å²) in [4.78, 5) is 10.7. The Labute approximate surface area is 80.5 Å². The van der Waals surface area contributed by atoms with Crippen LogP contribution in [0.5, 0.6) is 0 Å². The number of aliphatic hydroxyl groups is 1. The predicted molar refractivity (Wildman–Crippen MR) is 48.7 cm³/mol. The Morgan fingerprint density at radius 3 is 2.18 bits per heavy atom. The number of hydrogen-bond donors (Lipinski definition) is 4. The summed E-state index contributed by atoms with van der Waals surface area (Å²) in [6.45, 7) is 0. The minimum Gasteiger partial charge on any atom is -0.478 e. The summed E-state index contributed by atoms with van der Waals surface area (Å²) >= 11 is 0. The summed E-state index contributed by atoms with van der Waals surface area (Å²) in [6.07, 6.45) is -1.74. The number of aliphatic carboxylic acids is 1. The van der Waals surface area contributed by atoms with Crippen LogP contribution in [-0.4, -0.2) is 40.3 Å². The van der Waals surface area contributed by atoms with E-state index >= 15 is 0 Å². The minimum absolute atomic E-state index is 0. The monoisotopic (exact) mass is 275 g/mol. The second-order valence-electron chi connectivity index (χ2n) is 1.71. The zero-order valence-electron chi connectivity index (χ0n) is 5.81. The summed E-state index contributed by atoms with van der Waals surface area (Å²) in [5.74, 6) is -1.92. The average Bonchev–Trinajstić information content (AvgIpc) is 1.84. The van der Waals surface area contributed by atoms with E-state index in [4.69, 9.17) is 21.4 Å². The van der Waals surface area contributed by atoms with Gasteiger partial charge in [-0.15, -0.1) is 24.0 Å². The highest BCUT2D eigenvalue weighted by Gasteiger charge is 2.19. The van der Waals surface area contributed by atoms with Gasteiger partial charge in [-0.2, -0.15) is 0 Å². The fourth-order valence-corrected chi connectivity index (χ4v) is 0.297. The molecule has 5 N–H and O–H groups in total. The van der Waals surface area contributed by atoms with Crippen LogP contribution in [0, 0.1) is 5.41 Å². The third-order valence-electron chi connectivity index (χ3n) is 0.968. The van der Waals surface area contributed by atoms with Gasteiger partial charge in [0.2, 0.25) is 6.23 Å². The molecule has 7 heteroatoms. The molecule has 66 valence electrons. The third-order valence-corrected chi connectivity index (χ3v) is 0.968. The highest BCUT2D eigenvalue weighted by atomic mass is 127. The van der Waals surface area contributed by atoms with Crippen molar-refractivity contribution in [2.24, 2.45) is 5.73 Å². The topological polar surface area (TPSA) is 111 Å². The average molecular weight is 275 g/mol. The maximum atomic E-state index is 10.0. The van der Waals surface area contributed by atoms with Crippen molar-refractivity contribution in [3.8, 4) is 0 Å². The number of guanidine groups is 1. The van der Waals surface area contributed by atoms with Gasteiger partial charge in [-0.1, -0.05) is 0 Å². The molecule has 6 nitrogen and oxygen atoms in total. The van der Waals surface area contributed by atoms with Crippen molar-refractivity contribution < 1.29 is 15.0 Å². The molecule has 0 aliphatic carbocycles. The number of halogens is 1. The Bertz CT molecular complexity index is 145. The van der Waals surface area contributed by atoms with E-state index < -0.39 is 18.2 Å². The summed E-state index contributed by atoms with van der Waals surface area (Å²) in [5.41, 5.74) is 4.86. The molecular weight excluding hydrogens is 265 g/mol. The maximum Gasteiger partial charge on any atom is 0.354 e. The predicted octanol–water partition coefficient (Wildman–Crippen LogP) is -1.17. The lowest BCUT2D eigenvalue weighted by molar-refractivity contribution is -0.152. The van der Waals surface area contributed by atoms with Crippen molar-refractivity contribution in [1.29, 1.82) is 5.41 Å². The molecule has 1 atom stereocenters. The molecular formula is C4H10IN3O3. The molecule has 0 saturated carbocycles. The van der Waals surface area contributed by atoms with Crippen LogP contribution in [0.1, 0.15) is 0 Å². The maximum absolute atomic E-state index is 10.0. The van der Waals surface area contributed by atoms with Crippen molar-refractivity contribution in [3.05, 3.63) is 0 Å². The number of hydrogen-bond acceptors (Lipinski definition) is 3. The van der Waals surface area contributed by atoms with Crippen LogP contribution in [0.25, 0.3) is 0 Å². The highest BCUT2D eigenvalue weighted by Crippen LogP contribution is 1.89. The number of carboxylic acids is 1. The fourth-order valence-electron chi connectivity index (χ4n) is 0.297. The van der Waals surface area contributed by atoms with E-state index in [0.717, 1.165) is 4.90 Å². The van der Waals surface area contributed by atoms with E-state index in [1.165, 1.54) is 7.05 Å². The molecule has 0 fully saturated rings. The molecule has 0 aliphatic rings. The largest absolute Gasteiger partial charge is 0.478 e. The standard InChI is InChI=1S/C4H9N3O3.HI/c1-7(4(5)6)2(8)3(9)10;/h2,8H,1H3,(H3,5,6)(H,9,10);1H. The van der Waals surface area contributed by atoms with Crippen LogP contribution in [0.15, 0.2) is 0 Å². The summed E-state index contributed by atoms with van der Waals surface area (Å²) in [6, 6.07) is 0. The molecule has 0 aromatic heterocycles. The Balaban J connectivity index is 0. The molecule has 0 aromatic carbocycles. The van der Waals surface area contributed by atoms with Gasteiger partial charge in [-0.25, -0.2) is 4.79 Å². The van der Waals surface area contributed by atoms with Crippen molar-refractivity contribution in [2.75, 3.05) is 7.05 Å². The molecule has 0 spiro atoms. The van der Waals surface area contributed by atoms with Gasteiger partial charge < -0.3 is 20.8 Å². The number of nitrogens with two attached hydrogens (primary N) is 1. The molecule has 0 heterocycles. The highest BCUT2D eigenvalue weighted by molar-refractivity contribution is 14.0. The first-order valence-electron chi connectivity index (χ1n) is 2.44. The SMILES string of the molecule is CN(C(=N)N)C(O)C(=O)O.I. The van der Waals surface area contributed by atoms with E-state index in [1.807, 2.05) is 0 Å². The molecule has 0 amide bonds. The zero-order valence-corrected chi connectivity index (χ0v) is 8.14. The minimum atomic E-state index is -1.74. The van der Waals surface area contributed by atoms with Crippen molar-refractivity contribution in [1.82, 2.24) is 4.90 Å². The van der Waals surface area contributed by atoms with Gasteiger partial charge in [-0.3, -0.25) is 5.41 Å². The molecule has 0 rings (SSSR count). The fraction of sp³-hybridized carbons (Fsp3) is 0.500. The first-order chi connectivity index (χ1) is 4.46. The Kier molecular flexibility index (Phi) is 6.09. The van der Waals surface area contributed by atoms with Crippen molar-refractivity contribution in [2.45, 2.75) is 6.23 Å². The van der Waals surface area contributed by atoms with Crippen LogP contribution < -0.4 is 5.73 Å². The van der Waals surface area contributed by atoms with Crippen LogP contribution in [0.3, 0.4) is 0 Å². The van der Waals surface area contributed by atoms with E-state index in [0.29, 0.717) is 0 Å². The van der Waals surface area contributed by atoms with Gasteiger partial charge in [0.15, 0.2) is 5.96 Å². The first kappa shape index (κ1) is 13.1. The lowest BCUT2D eigenvalue weighted by Gasteiger charge is -2.19. The number of nitrogens with one attached hydrogen (secondary N) is 1.